The van der Waals surface area contributed by atoms with Crippen LogP contribution in [0.5, 0.6) is 23.0 Å². The lowest BCUT2D eigenvalue weighted by atomic mass is 10.1. The standard InChI is InChI=1S/C27H23NO8/c1-4-17-13-20-25(14-24(17)34-15-22(29)18-8-7-9-19(12-18)33-3)35-16(2)27(26(20)30)36-23-11-6-5-10-21(23)28(31)32/h5-14H,4,15H2,1-3H3. The quantitative estimate of drug-likeness (QED) is 0.168. The maximum Gasteiger partial charge on any atom is 0.311 e. The first kappa shape index (κ1) is 24.5. The van der Waals surface area contributed by atoms with Crippen LogP contribution in [0.25, 0.3) is 11.0 Å². The number of carbonyl (C=O) groups is 1. The van der Waals surface area contributed by atoms with Gasteiger partial charge in [0.05, 0.1) is 17.4 Å². The third-order valence-corrected chi connectivity index (χ3v) is 5.60. The fourth-order valence-electron chi connectivity index (χ4n) is 3.72. The van der Waals surface area contributed by atoms with Crippen LogP contribution in [0, 0.1) is 17.0 Å². The Bertz CT molecular complexity index is 1520. The van der Waals surface area contributed by atoms with Crippen LogP contribution in [0.15, 0.2) is 69.9 Å². The Morgan fingerprint density at radius 3 is 2.56 bits per heavy atom. The van der Waals surface area contributed by atoms with Crippen molar-refractivity contribution in [2.24, 2.45) is 0 Å². The van der Waals surface area contributed by atoms with Gasteiger partial charge < -0.3 is 18.6 Å². The highest BCUT2D eigenvalue weighted by Crippen LogP contribution is 2.33. The lowest BCUT2D eigenvalue weighted by Crippen LogP contribution is -2.13. The maximum absolute atomic E-state index is 13.3. The van der Waals surface area contributed by atoms with Crippen LogP contribution in [0.3, 0.4) is 0 Å². The summed E-state index contributed by atoms with van der Waals surface area (Å²) in [7, 11) is 1.52. The number of ether oxygens (including phenoxy) is 3. The number of nitrogens with zero attached hydrogens (tertiary/aromatic N) is 1. The summed E-state index contributed by atoms with van der Waals surface area (Å²) in [5, 5.41) is 11.6. The van der Waals surface area contributed by atoms with Crippen molar-refractivity contribution in [3.8, 4) is 23.0 Å². The lowest BCUT2D eigenvalue weighted by Gasteiger charge is -2.13. The predicted molar refractivity (Wildman–Crippen MR) is 133 cm³/mol. The first-order valence-electron chi connectivity index (χ1n) is 11.1. The van der Waals surface area contributed by atoms with Crippen LogP contribution in [0.2, 0.25) is 0 Å². The van der Waals surface area contributed by atoms with Crippen molar-refractivity contribution >= 4 is 22.4 Å². The van der Waals surface area contributed by atoms with Gasteiger partial charge >= 0.3 is 5.69 Å². The second-order valence-electron chi connectivity index (χ2n) is 7.90. The second-order valence-corrected chi connectivity index (χ2v) is 7.90. The zero-order chi connectivity index (χ0) is 25.8. The van der Waals surface area contributed by atoms with Crippen molar-refractivity contribution in [1.29, 1.82) is 0 Å². The van der Waals surface area contributed by atoms with E-state index in [1.54, 1.807) is 42.5 Å². The summed E-state index contributed by atoms with van der Waals surface area (Å²) in [5.74, 6) is 0.688. The van der Waals surface area contributed by atoms with Crippen molar-refractivity contribution in [3.63, 3.8) is 0 Å². The van der Waals surface area contributed by atoms with Crippen LogP contribution in [0.4, 0.5) is 5.69 Å². The minimum absolute atomic E-state index is 0.0658. The van der Waals surface area contributed by atoms with Gasteiger partial charge in [-0.15, -0.1) is 0 Å². The molecule has 0 bridgehead atoms. The molecule has 1 heterocycles. The number of fused-ring (bicyclic) bond motifs is 1. The molecule has 4 rings (SSSR count). The van der Waals surface area contributed by atoms with Gasteiger partial charge in [-0.3, -0.25) is 19.7 Å². The normalized spacial score (nSPS) is 10.8. The SMILES string of the molecule is CCc1cc2c(=O)c(Oc3ccccc3[N+](=O)[O-])c(C)oc2cc1OCC(=O)c1cccc(OC)c1. The zero-order valence-corrected chi connectivity index (χ0v) is 19.9. The number of aryl methyl sites for hydroxylation is 2. The fourth-order valence-corrected chi connectivity index (χ4v) is 3.72. The van der Waals surface area contributed by atoms with E-state index in [1.165, 1.54) is 32.2 Å². The highest BCUT2D eigenvalue weighted by molar-refractivity contribution is 5.97. The number of hydrogen-bond donors (Lipinski definition) is 0. The van der Waals surface area contributed by atoms with Gasteiger partial charge in [0.2, 0.25) is 16.9 Å². The molecule has 0 N–H and O–H groups in total. The molecule has 9 nitrogen and oxygen atoms in total. The summed E-state index contributed by atoms with van der Waals surface area (Å²) in [5.41, 5.74) is 0.644. The van der Waals surface area contributed by atoms with Gasteiger partial charge in [-0.25, -0.2) is 0 Å². The van der Waals surface area contributed by atoms with Crippen molar-refractivity contribution in [2.45, 2.75) is 20.3 Å². The average Bonchev–Trinajstić information content (AvgIpc) is 2.89. The smallest absolute Gasteiger partial charge is 0.311 e. The van der Waals surface area contributed by atoms with E-state index in [2.05, 4.69) is 0 Å². The van der Waals surface area contributed by atoms with Gasteiger partial charge in [-0.2, -0.15) is 0 Å². The Kier molecular flexibility index (Phi) is 7.00. The van der Waals surface area contributed by atoms with E-state index in [4.69, 9.17) is 18.6 Å². The first-order valence-corrected chi connectivity index (χ1v) is 11.1. The number of hydrogen-bond acceptors (Lipinski definition) is 8. The van der Waals surface area contributed by atoms with Crippen molar-refractivity contribution in [2.75, 3.05) is 13.7 Å². The van der Waals surface area contributed by atoms with Crippen LogP contribution in [-0.4, -0.2) is 24.4 Å². The summed E-state index contributed by atoms with van der Waals surface area (Å²) in [6.07, 6.45) is 0.520. The molecule has 0 radical (unpaired) electrons. The molecule has 0 amide bonds. The van der Waals surface area contributed by atoms with Crippen molar-refractivity contribution in [1.82, 2.24) is 0 Å². The number of methoxy groups -OCH3 is 1. The highest BCUT2D eigenvalue weighted by Gasteiger charge is 2.21. The maximum atomic E-state index is 13.3. The zero-order valence-electron chi connectivity index (χ0n) is 19.9. The van der Waals surface area contributed by atoms with Crippen LogP contribution < -0.4 is 19.6 Å². The second kappa shape index (κ2) is 10.3. The molecule has 9 heteroatoms. The molecule has 184 valence electrons. The number of ketones is 1. The molecule has 0 spiro atoms. The molecule has 0 fully saturated rings. The number of nitro groups is 1. The van der Waals surface area contributed by atoms with Gasteiger partial charge in [0.25, 0.3) is 0 Å². The van der Waals surface area contributed by atoms with Crippen LogP contribution in [-0.2, 0) is 6.42 Å². The summed E-state index contributed by atoms with van der Waals surface area (Å²) >= 11 is 0. The van der Waals surface area contributed by atoms with Gasteiger partial charge in [-0.1, -0.05) is 31.2 Å². The number of nitro benzene ring substituents is 1. The number of benzene rings is 3. The summed E-state index contributed by atoms with van der Waals surface area (Å²) < 4.78 is 22.5. The van der Waals surface area contributed by atoms with Gasteiger partial charge in [0.15, 0.2) is 12.4 Å². The summed E-state index contributed by atoms with van der Waals surface area (Å²) in [4.78, 5) is 36.6. The van der Waals surface area contributed by atoms with Crippen molar-refractivity contribution < 1.29 is 28.3 Å². The largest absolute Gasteiger partial charge is 0.497 e. The molecular formula is C27H23NO8. The van der Waals surface area contributed by atoms with E-state index in [9.17, 15) is 19.7 Å². The van der Waals surface area contributed by atoms with E-state index in [0.29, 0.717) is 29.0 Å². The molecule has 0 saturated heterocycles. The van der Waals surface area contributed by atoms with Crippen molar-refractivity contribution in [3.05, 3.63) is 97.9 Å². The third kappa shape index (κ3) is 4.90. The topological polar surface area (TPSA) is 118 Å². The molecule has 0 aliphatic heterocycles. The molecular weight excluding hydrogens is 466 g/mol. The Morgan fingerprint density at radius 2 is 1.83 bits per heavy atom. The Balaban J connectivity index is 1.66. The first-order chi connectivity index (χ1) is 17.3. The Labute approximate surface area is 206 Å². The fraction of sp³-hybridized carbons (Fsp3) is 0.185. The van der Waals surface area contributed by atoms with Crippen LogP contribution >= 0.6 is 0 Å². The lowest BCUT2D eigenvalue weighted by molar-refractivity contribution is -0.385. The predicted octanol–water partition coefficient (Wildman–Crippen LogP) is 5.63. The minimum atomic E-state index is -0.584. The number of para-hydroxylation sites is 2. The van der Waals surface area contributed by atoms with E-state index in [1.807, 2.05) is 6.92 Å². The molecule has 36 heavy (non-hydrogen) atoms. The van der Waals surface area contributed by atoms with Gasteiger partial charge in [0.1, 0.15) is 22.8 Å². The highest BCUT2D eigenvalue weighted by atomic mass is 16.6. The molecule has 1 aromatic heterocycles. The van der Waals surface area contributed by atoms with E-state index >= 15 is 0 Å². The molecule has 0 saturated carbocycles. The summed E-state index contributed by atoms with van der Waals surface area (Å²) in [6.45, 7) is 3.21. The molecule has 0 unspecified atom stereocenters. The molecule has 0 atom stereocenters. The van der Waals surface area contributed by atoms with Gasteiger partial charge in [0, 0.05) is 17.7 Å². The van der Waals surface area contributed by atoms with Gasteiger partial charge in [-0.05, 0) is 43.2 Å². The number of rotatable bonds is 9. The third-order valence-electron chi connectivity index (χ3n) is 5.60. The molecule has 0 aliphatic carbocycles. The van der Waals surface area contributed by atoms with E-state index < -0.39 is 10.4 Å². The average molecular weight is 489 g/mol. The van der Waals surface area contributed by atoms with Crippen LogP contribution in [0.1, 0.15) is 28.6 Å². The minimum Gasteiger partial charge on any atom is -0.497 e. The molecule has 0 aliphatic rings. The molecule has 4 aromatic rings. The number of carbonyl (C=O) groups excluding carboxylic acids is 1. The van der Waals surface area contributed by atoms with E-state index in [0.717, 1.165) is 0 Å². The summed E-state index contributed by atoms with van der Waals surface area (Å²) in [6, 6.07) is 15.8. The number of Topliss-reactive ketones (excluding diaryl/α,β-unsaturated/α-hetero) is 1. The van der Waals surface area contributed by atoms with E-state index in [-0.39, 0.29) is 46.3 Å². The monoisotopic (exact) mass is 489 g/mol. The Hall–Kier alpha value is -4.66. The Morgan fingerprint density at radius 1 is 1.06 bits per heavy atom. The molecule has 3 aromatic carbocycles.